The third-order valence-corrected chi connectivity index (χ3v) is 15.7. The summed E-state index contributed by atoms with van der Waals surface area (Å²) in [4.78, 5) is 0. The van der Waals surface area contributed by atoms with Crippen molar-refractivity contribution in [2.24, 2.45) is 0 Å². The Morgan fingerprint density at radius 3 is 0.516 bits per heavy atom. The zero-order valence-electron chi connectivity index (χ0n) is 44.7. The first-order valence-electron chi connectivity index (χ1n) is 30.2. The number of hydrogen-bond donors (Lipinski definition) is 1. The molecule has 0 aliphatic rings. The molecule has 0 aliphatic heterocycles. The van der Waals surface area contributed by atoms with E-state index in [1.807, 2.05) is 0 Å². The van der Waals surface area contributed by atoms with Crippen molar-refractivity contribution in [3.63, 3.8) is 0 Å². The molecule has 0 unspecified atom stereocenters. The zero-order chi connectivity index (χ0) is 46.6. The van der Waals surface area contributed by atoms with Gasteiger partial charge in [0.1, 0.15) is 5.75 Å². The number of nitrogens with zero attached hydrogens (tertiary/aromatic N) is 1. The maximum atomic E-state index is 12.1. The first-order valence-corrected chi connectivity index (χ1v) is 31.8. The largest absolute Gasteiger partial charge is 0.323 e. The van der Waals surface area contributed by atoms with E-state index in [1.54, 1.807) is 0 Å². The predicted molar refractivity (Wildman–Crippen MR) is 289 cm³/mol. The van der Waals surface area contributed by atoms with E-state index in [0.29, 0.717) is 6.54 Å². The standard InChI is InChI=1S/C59H121NO3S/c1-4-7-10-13-16-19-22-25-28-31-34-37-40-43-46-49-52-55-60(58-59-64(61,62)63,56-53-50-47-44-41-38-35-32-29-26-23-20-17-14-11-8-5-2)57-54-51-48-45-42-39-36-33-30-27-24-21-18-15-12-9-6-3/h4-59H2,1-3H3/p+1. The van der Waals surface area contributed by atoms with E-state index in [4.69, 9.17) is 0 Å². The minimum atomic E-state index is -3.96. The molecule has 0 aromatic rings. The lowest BCUT2D eigenvalue weighted by molar-refractivity contribution is -0.926. The molecule has 0 rings (SSSR count). The van der Waals surface area contributed by atoms with E-state index < -0.39 is 10.1 Å². The van der Waals surface area contributed by atoms with Crippen molar-refractivity contribution in [3.05, 3.63) is 0 Å². The van der Waals surface area contributed by atoms with Crippen molar-refractivity contribution >= 4 is 10.1 Å². The van der Waals surface area contributed by atoms with Crippen LogP contribution in [0.5, 0.6) is 0 Å². The maximum absolute atomic E-state index is 12.1. The van der Waals surface area contributed by atoms with Crippen LogP contribution in [0, 0.1) is 0 Å². The summed E-state index contributed by atoms with van der Waals surface area (Å²) in [5.74, 6) is -0.0795. The van der Waals surface area contributed by atoms with Crippen molar-refractivity contribution in [2.45, 2.75) is 348 Å². The Morgan fingerprint density at radius 1 is 0.234 bits per heavy atom. The lowest BCUT2D eigenvalue weighted by Crippen LogP contribution is -2.52. The molecule has 0 fully saturated rings. The molecule has 0 saturated carbocycles. The second-order valence-electron chi connectivity index (χ2n) is 21.5. The molecule has 0 aromatic heterocycles. The normalized spacial score (nSPS) is 12.2. The lowest BCUT2D eigenvalue weighted by atomic mass is 10.0. The third kappa shape index (κ3) is 51.3. The molecule has 1 N–H and O–H groups in total. The fraction of sp³-hybridized carbons (Fsp3) is 1.00. The predicted octanol–water partition coefficient (Wildman–Crippen LogP) is 20.6. The van der Waals surface area contributed by atoms with Crippen molar-refractivity contribution in [2.75, 3.05) is 31.9 Å². The highest BCUT2D eigenvalue weighted by Gasteiger charge is 2.28. The third-order valence-electron chi connectivity index (χ3n) is 15.0. The molecule has 0 aromatic carbocycles. The minimum absolute atomic E-state index is 0.0795. The van der Waals surface area contributed by atoms with Gasteiger partial charge < -0.3 is 4.48 Å². The summed E-state index contributed by atoms with van der Waals surface area (Å²) in [5, 5.41) is 0. The zero-order valence-corrected chi connectivity index (χ0v) is 45.5. The second kappa shape index (κ2) is 52.2. The Balaban J connectivity index is 4.59. The molecule has 0 amide bonds. The topological polar surface area (TPSA) is 54.4 Å². The lowest BCUT2D eigenvalue weighted by Gasteiger charge is -2.39. The van der Waals surface area contributed by atoms with E-state index in [-0.39, 0.29) is 5.75 Å². The van der Waals surface area contributed by atoms with E-state index in [0.717, 1.165) is 24.1 Å². The van der Waals surface area contributed by atoms with Crippen LogP contribution in [0.2, 0.25) is 0 Å². The van der Waals surface area contributed by atoms with E-state index in [1.165, 1.54) is 327 Å². The molecule has 5 heteroatoms. The number of unbranched alkanes of at least 4 members (excludes halogenated alkanes) is 48. The molecular weight excluding hydrogens is 803 g/mol. The SMILES string of the molecule is CCCCCCCCCCCCCCCCCCC[N+](CCCCCCCCCCCCCCCCCCC)(CCCCCCCCCCCCCCCCCCC)CCS(=O)(=O)O. The molecule has 0 aliphatic carbocycles. The molecule has 64 heavy (non-hydrogen) atoms. The summed E-state index contributed by atoms with van der Waals surface area (Å²) < 4.78 is 35.1. The van der Waals surface area contributed by atoms with Gasteiger partial charge in [-0.05, 0) is 38.5 Å². The fourth-order valence-corrected chi connectivity index (χ4v) is 11.1. The van der Waals surface area contributed by atoms with Crippen LogP contribution < -0.4 is 0 Å². The molecular formula is C59H122NO3S+. The molecule has 0 radical (unpaired) electrons. The Hall–Kier alpha value is -0.130. The number of quaternary nitrogens is 1. The molecule has 0 spiro atoms. The monoisotopic (exact) mass is 925 g/mol. The average Bonchev–Trinajstić information content (AvgIpc) is 3.28. The van der Waals surface area contributed by atoms with Gasteiger partial charge in [0.2, 0.25) is 0 Å². The quantitative estimate of drug-likeness (QED) is 0.0376. The smallest absolute Gasteiger partial charge is 0.270 e. The Labute approximate surface area is 406 Å². The molecule has 4 nitrogen and oxygen atoms in total. The van der Waals surface area contributed by atoms with Gasteiger partial charge in [-0.2, -0.15) is 8.42 Å². The van der Waals surface area contributed by atoms with Crippen LogP contribution >= 0.6 is 0 Å². The highest BCUT2D eigenvalue weighted by Crippen LogP contribution is 2.21. The summed E-state index contributed by atoms with van der Waals surface area (Å²) in [6.07, 6.45) is 70.6. The van der Waals surface area contributed by atoms with Gasteiger partial charge in [0.15, 0.2) is 0 Å². The average molecular weight is 926 g/mol. The van der Waals surface area contributed by atoms with Crippen LogP contribution in [-0.4, -0.2) is 49.4 Å². The summed E-state index contributed by atoms with van der Waals surface area (Å²) >= 11 is 0. The van der Waals surface area contributed by atoms with Crippen LogP contribution in [0.25, 0.3) is 0 Å². The minimum Gasteiger partial charge on any atom is -0.323 e. The van der Waals surface area contributed by atoms with Gasteiger partial charge >= 0.3 is 0 Å². The van der Waals surface area contributed by atoms with Crippen LogP contribution in [0.1, 0.15) is 348 Å². The van der Waals surface area contributed by atoms with E-state index >= 15 is 0 Å². The first-order chi connectivity index (χ1) is 31.4. The van der Waals surface area contributed by atoms with E-state index in [9.17, 15) is 13.0 Å². The summed E-state index contributed by atoms with van der Waals surface area (Å²) in [5.41, 5.74) is 0. The van der Waals surface area contributed by atoms with Crippen molar-refractivity contribution in [3.8, 4) is 0 Å². The first kappa shape index (κ1) is 63.9. The summed E-state index contributed by atoms with van der Waals surface area (Å²) in [7, 11) is -3.96. The molecule has 0 heterocycles. The highest BCUT2D eigenvalue weighted by molar-refractivity contribution is 7.85. The Morgan fingerprint density at radius 2 is 0.375 bits per heavy atom. The molecule has 386 valence electrons. The van der Waals surface area contributed by atoms with Gasteiger partial charge in [-0.3, -0.25) is 4.55 Å². The van der Waals surface area contributed by atoms with Crippen LogP contribution in [-0.2, 0) is 10.1 Å². The van der Waals surface area contributed by atoms with Gasteiger partial charge in [-0.25, -0.2) is 0 Å². The Bertz CT molecular complexity index is 876. The Kier molecular flexibility index (Phi) is 52.1. The second-order valence-corrected chi connectivity index (χ2v) is 23.1. The van der Waals surface area contributed by atoms with Crippen LogP contribution in [0.4, 0.5) is 0 Å². The molecule has 0 bridgehead atoms. The highest BCUT2D eigenvalue weighted by atomic mass is 32.2. The van der Waals surface area contributed by atoms with E-state index in [2.05, 4.69) is 20.8 Å². The summed E-state index contributed by atoms with van der Waals surface area (Å²) in [6, 6.07) is 0. The van der Waals surface area contributed by atoms with Gasteiger partial charge in [0.05, 0.1) is 26.2 Å². The fourth-order valence-electron chi connectivity index (χ4n) is 10.5. The van der Waals surface area contributed by atoms with Gasteiger partial charge in [-0.15, -0.1) is 0 Å². The number of rotatable bonds is 57. The van der Waals surface area contributed by atoms with Crippen LogP contribution in [0.15, 0.2) is 0 Å². The maximum Gasteiger partial charge on any atom is 0.270 e. The van der Waals surface area contributed by atoms with Gasteiger partial charge in [0.25, 0.3) is 10.1 Å². The molecule has 0 saturated heterocycles. The van der Waals surface area contributed by atoms with Crippen LogP contribution in [0.3, 0.4) is 0 Å². The van der Waals surface area contributed by atoms with Gasteiger partial charge in [-0.1, -0.05) is 310 Å². The van der Waals surface area contributed by atoms with Gasteiger partial charge in [0, 0.05) is 0 Å². The van der Waals surface area contributed by atoms with Crippen molar-refractivity contribution in [1.29, 1.82) is 0 Å². The molecule has 0 atom stereocenters. The van der Waals surface area contributed by atoms with Crippen molar-refractivity contribution < 1.29 is 17.5 Å². The summed E-state index contributed by atoms with van der Waals surface area (Å²) in [6.45, 7) is 10.8. The van der Waals surface area contributed by atoms with Crippen molar-refractivity contribution in [1.82, 2.24) is 0 Å². The number of hydrogen-bond acceptors (Lipinski definition) is 2.